The minimum Gasteiger partial charge on any atom is -0.337 e. The van der Waals surface area contributed by atoms with E-state index in [2.05, 4.69) is 20.0 Å². The summed E-state index contributed by atoms with van der Waals surface area (Å²) in [7, 11) is 1.75. The molecule has 1 amide bonds. The third-order valence-electron chi connectivity index (χ3n) is 4.30. The van der Waals surface area contributed by atoms with E-state index in [0.717, 1.165) is 35.9 Å². The van der Waals surface area contributed by atoms with Crippen molar-refractivity contribution >= 4 is 22.8 Å². The fraction of sp³-hybridized carbons (Fsp3) is 0.333. The van der Waals surface area contributed by atoms with Gasteiger partial charge in [0, 0.05) is 31.4 Å². The molecule has 0 saturated carbocycles. The maximum absolute atomic E-state index is 12.6. The first-order valence-corrected chi connectivity index (χ1v) is 9.38. The molecule has 7 nitrogen and oxygen atoms in total. The molecule has 0 fully saturated rings. The fourth-order valence-electron chi connectivity index (χ4n) is 2.88. The van der Waals surface area contributed by atoms with Gasteiger partial charge in [0.05, 0.1) is 13.0 Å². The van der Waals surface area contributed by atoms with Crippen molar-refractivity contribution in [1.29, 1.82) is 0 Å². The minimum absolute atomic E-state index is 0.0168. The van der Waals surface area contributed by atoms with Crippen LogP contribution in [0.3, 0.4) is 0 Å². The van der Waals surface area contributed by atoms with Crippen LogP contribution in [-0.4, -0.2) is 51.2 Å². The third-order valence-corrected chi connectivity index (χ3v) is 5.25. The highest BCUT2D eigenvalue weighted by Crippen LogP contribution is 2.30. The first kappa shape index (κ1) is 16.8. The fourth-order valence-corrected chi connectivity index (χ4v) is 3.83. The van der Waals surface area contributed by atoms with E-state index in [0.29, 0.717) is 24.7 Å². The highest BCUT2D eigenvalue weighted by Gasteiger charge is 2.27. The zero-order valence-electron chi connectivity index (χ0n) is 14.5. The summed E-state index contributed by atoms with van der Waals surface area (Å²) in [6.45, 7) is 2.09. The second-order valence-electron chi connectivity index (χ2n) is 6.20. The molecule has 1 aromatic heterocycles. The monoisotopic (exact) mass is 369 g/mol. The molecule has 2 aromatic rings. The molecule has 134 valence electrons. The van der Waals surface area contributed by atoms with Crippen molar-refractivity contribution < 1.29 is 9.32 Å². The lowest BCUT2D eigenvalue weighted by Gasteiger charge is -2.26. The van der Waals surface area contributed by atoms with Gasteiger partial charge < -0.3 is 14.3 Å². The summed E-state index contributed by atoms with van der Waals surface area (Å²) in [4.78, 5) is 25.2. The molecular formula is C18H19N5O2S. The van der Waals surface area contributed by atoms with Gasteiger partial charge in [0.2, 0.25) is 17.6 Å². The Morgan fingerprint density at radius 3 is 3.04 bits per heavy atom. The molecular weight excluding hydrogens is 350 g/mol. The molecule has 0 spiro atoms. The van der Waals surface area contributed by atoms with Gasteiger partial charge in [0.1, 0.15) is 0 Å². The molecule has 0 atom stereocenters. The molecule has 0 saturated heterocycles. The van der Waals surface area contributed by atoms with E-state index in [4.69, 9.17) is 4.52 Å². The van der Waals surface area contributed by atoms with Crippen molar-refractivity contribution in [2.24, 2.45) is 4.99 Å². The molecule has 2 aliphatic heterocycles. The maximum atomic E-state index is 12.6. The van der Waals surface area contributed by atoms with Crippen molar-refractivity contribution in [2.45, 2.75) is 19.4 Å². The number of aliphatic imine (C=N–C) groups is 1. The number of rotatable bonds is 5. The second kappa shape index (κ2) is 7.33. The van der Waals surface area contributed by atoms with Crippen LogP contribution in [0.5, 0.6) is 0 Å². The number of benzene rings is 1. The Labute approximate surface area is 155 Å². The number of hydrogen-bond donors (Lipinski definition) is 0. The van der Waals surface area contributed by atoms with Crippen LogP contribution in [0.15, 0.2) is 51.0 Å². The largest absolute Gasteiger partial charge is 0.337 e. The average Bonchev–Trinajstić information content (AvgIpc) is 3.30. The molecule has 2 aliphatic rings. The summed E-state index contributed by atoms with van der Waals surface area (Å²) in [6, 6.07) is 9.63. The molecule has 0 N–H and O–H groups in total. The molecule has 26 heavy (non-hydrogen) atoms. The normalized spacial score (nSPS) is 16.1. The number of aromatic nitrogens is 2. The van der Waals surface area contributed by atoms with Crippen LogP contribution in [0.1, 0.15) is 18.7 Å². The van der Waals surface area contributed by atoms with Crippen molar-refractivity contribution in [3.05, 3.63) is 47.3 Å². The number of amides is 1. The molecule has 8 heteroatoms. The van der Waals surface area contributed by atoms with Gasteiger partial charge in [-0.05, 0) is 11.8 Å². The highest BCUT2D eigenvalue weighted by molar-refractivity contribution is 8.16. The van der Waals surface area contributed by atoms with E-state index in [-0.39, 0.29) is 5.91 Å². The quantitative estimate of drug-likeness (QED) is 0.807. The molecule has 0 radical (unpaired) electrons. The summed E-state index contributed by atoms with van der Waals surface area (Å²) >= 11 is 1.60. The van der Waals surface area contributed by atoms with Gasteiger partial charge >= 0.3 is 0 Å². The standard InChI is InChI=1S/C18H19N5O2S/c1-22(11-15-20-17(21-25-15)13-6-3-2-4-7-13)16(24)10-14-12-26-18-19-8-5-9-23(14)18/h2-4,6-7,12H,5,8-11H2,1H3. The van der Waals surface area contributed by atoms with Crippen LogP contribution in [0.25, 0.3) is 11.4 Å². The lowest BCUT2D eigenvalue weighted by Crippen LogP contribution is -2.33. The average molecular weight is 369 g/mol. The van der Waals surface area contributed by atoms with E-state index < -0.39 is 0 Å². The maximum Gasteiger partial charge on any atom is 0.246 e. The summed E-state index contributed by atoms with van der Waals surface area (Å²) < 4.78 is 5.29. The number of nitrogens with zero attached hydrogens (tertiary/aromatic N) is 5. The Kier molecular flexibility index (Phi) is 4.75. The van der Waals surface area contributed by atoms with Crippen molar-refractivity contribution in [1.82, 2.24) is 19.9 Å². The van der Waals surface area contributed by atoms with E-state index >= 15 is 0 Å². The van der Waals surface area contributed by atoms with Gasteiger partial charge in [-0.15, -0.1) is 0 Å². The zero-order chi connectivity index (χ0) is 17.9. The Morgan fingerprint density at radius 2 is 2.19 bits per heavy atom. The Bertz CT molecular complexity index is 861. The number of amidine groups is 1. The van der Waals surface area contributed by atoms with Crippen LogP contribution in [0, 0.1) is 0 Å². The summed E-state index contributed by atoms with van der Waals surface area (Å²) in [5.41, 5.74) is 1.90. The topological polar surface area (TPSA) is 74.8 Å². The third kappa shape index (κ3) is 3.50. The van der Waals surface area contributed by atoms with Gasteiger partial charge in [-0.1, -0.05) is 47.3 Å². The van der Waals surface area contributed by atoms with Crippen LogP contribution in [0.4, 0.5) is 0 Å². The number of carbonyl (C=O) groups excluding carboxylic acids is 1. The van der Waals surface area contributed by atoms with Crippen molar-refractivity contribution in [2.75, 3.05) is 20.1 Å². The highest BCUT2D eigenvalue weighted by atomic mass is 32.2. The van der Waals surface area contributed by atoms with E-state index in [9.17, 15) is 4.79 Å². The lowest BCUT2D eigenvalue weighted by atomic mass is 10.2. The van der Waals surface area contributed by atoms with E-state index in [1.54, 1.807) is 23.7 Å². The molecule has 0 bridgehead atoms. The molecule has 0 unspecified atom stereocenters. The minimum atomic E-state index is 0.0168. The Balaban J connectivity index is 1.37. The number of carbonyl (C=O) groups is 1. The molecule has 1 aromatic carbocycles. The smallest absolute Gasteiger partial charge is 0.246 e. The summed E-state index contributed by atoms with van der Waals surface area (Å²) in [6.07, 6.45) is 1.37. The van der Waals surface area contributed by atoms with Crippen LogP contribution >= 0.6 is 11.8 Å². The van der Waals surface area contributed by atoms with Crippen molar-refractivity contribution in [3.8, 4) is 11.4 Å². The van der Waals surface area contributed by atoms with E-state index in [1.807, 2.05) is 35.7 Å². The van der Waals surface area contributed by atoms with Crippen LogP contribution < -0.4 is 0 Å². The van der Waals surface area contributed by atoms with Crippen LogP contribution in [-0.2, 0) is 11.3 Å². The molecule has 3 heterocycles. The Morgan fingerprint density at radius 1 is 1.35 bits per heavy atom. The predicted octanol–water partition coefficient (Wildman–Crippen LogP) is 2.74. The SMILES string of the molecule is CN(Cc1nc(-c2ccccc2)no1)C(=O)CC1=CSC2=NCCCN12. The summed E-state index contributed by atoms with van der Waals surface area (Å²) in [5.74, 6) is 0.975. The molecule has 4 rings (SSSR count). The van der Waals surface area contributed by atoms with Gasteiger partial charge in [-0.2, -0.15) is 4.98 Å². The Hall–Kier alpha value is -2.61. The van der Waals surface area contributed by atoms with E-state index in [1.165, 1.54) is 0 Å². The predicted molar refractivity (Wildman–Crippen MR) is 100 cm³/mol. The number of thioether (sulfide) groups is 1. The van der Waals surface area contributed by atoms with Crippen LogP contribution in [0.2, 0.25) is 0 Å². The van der Waals surface area contributed by atoms with Gasteiger partial charge in [0.25, 0.3) is 0 Å². The zero-order valence-corrected chi connectivity index (χ0v) is 15.3. The van der Waals surface area contributed by atoms with Gasteiger partial charge in [0.15, 0.2) is 5.17 Å². The first-order valence-electron chi connectivity index (χ1n) is 8.50. The molecule has 0 aliphatic carbocycles. The second-order valence-corrected chi connectivity index (χ2v) is 7.04. The van der Waals surface area contributed by atoms with Gasteiger partial charge in [-0.3, -0.25) is 9.79 Å². The number of hydrogen-bond acceptors (Lipinski definition) is 7. The lowest BCUT2D eigenvalue weighted by molar-refractivity contribution is -0.130. The summed E-state index contributed by atoms with van der Waals surface area (Å²) in [5, 5.41) is 7.02. The number of fused-ring (bicyclic) bond motifs is 1. The van der Waals surface area contributed by atoms with Crippen molar-refractivity contribution in [3.63, 3.8) is 0 Å². The first-order chi connectivity index (χ1) is 12.7. The van der Waals surface area contributed by atoms with Gasteiger partial charge in [-0.25, -0.2) is 0 Å².